The Morgan fingerprint density at radius 2 is 2.13 bits per heavy atom. The SMILES string of the molecule is CC(N)CCCC(=O)N(C)C(C)CC#N. The van der Waals surface area contributed by atoms with Gasteiger partial charge in [0.2, 0.25) is 5.91 Å². The third kappa shape index (κ3) is 6.08. The van der Waals surface area contributed by atoms with Gasteiger partial charge >= 0.3 is 0 Å². The van der Waals surface area contributed by atoms with E-state index in [1.54, 1.807) is 11.9 Å². The molecule has 0 saturated heterocycles. The third-order valence-corrected chi connectivity index (χ3v) is 2.49. The molecule has 4 heteroatoms. The Morgan fingerprint density at radius 1 is 1.53 bits per heavy atom. The zero-order chi connectivity index (χ0) is 11.8. The maximum absolute atomic E-state index is 11.6. The highest BCUT2D eigenvalue weighted by atomic mass is 16.2. The van der Waals surface area contributed by atoms with E-state index >= 15 is 0 Å². The van der Waals surface area contributed by atoms with E-state index in [4.69, 9.17) is 11.0 Å². The van der Waals surface area contributed by atoms with Crippen LogP contribution in [0.5, 0.6) is 0 Å². The summed E-state index contributed by atoms with van der Waals surface area (Å²) in [6.07, 6.45) is 2.59. The Hall–Kier alpha value is -1.08. The van der Waals surface area contributed by atoms with E-state index in [0.717, 1.165) is 12.8 Å². The molecule has 0 rings (SSSR count). The van der Waals surface area contributed by atoms with Gasteiger partial charge in [0.15, 0.2) is 0 Å². The molecule has 0 radical (unpaired) electrons. The molecule has 0 aromatic carbocycles. The summed E-state index contributed by atoms with van der Waals surface area (Å²) in [5.41, 5.74) is 5.59. The number of carbonyl (C=O) groups excluding carboxylic acids is 1. The van der Waals surface area contributed by atoms with Crippen molar-refractivity contribution in [3.8, 4) is 6.07 Å². The molecule has 0 heterocycles. The zero-order valence-electron chi connectivity index (χ0n) is 9.86. The number of rotatable bonds is 6. The van der Waals surface area contributed by atoms with Crippen molar-refractivity contribution in [1.29, 1.82) is 5.26 Å². The molecule has 0 bridgehead atoms. The van der Waals surface area contributed by atoms with Crippen LogP contribution in [0, 0.1) is 11.3 Å². The van der Waals surface area contributed by atoms with E-state index < -0.39 is 0 Å². The van der Waals surface area contributed by atoms with Crippen LogP contribution in [0.4, 0.5) is 0 Å². The fourth-order valence-corrected chi connectivity index (χ4v) is 1.27. The second-order valence-corrected chi connectivity index (χ2v) is 4.09. The molecule has 0 aromatic rings. The van der Waals surface area contributed by atoms with Crippen LogP contribution >= 0.6 is 0 Å². The molecule has 0 aliphatic rings. The first-order valence-electron chi connectivity index (χ1n) is 5.37. The molecular formula is C11H21N3O. The van der Waals surface area contributed by atoms with Gasteiger partial charge in [0.25, 0.3) is 0 Å². The third-order valence-electron chi connectivity index (χ3n) is 2.49. The lowest BCUT2D eigenvalue weighted by atomic mass is 10.1. The van der Waals surface area contributed by atoms with Crippen molar-refractivity contribution in [1.82, 2.24) is 4.90 Å². The van der Waals surface area contributed by atoms with Gasteiger partial charge in [-0.15, -0.1) is 0 Å². The lowest BCUT2D eigenvalue weighted by Gasteiger charge is -2.23. The summed E-state index contributed by atoms with van der Waals surface area (Å²) < 4.78 is 0. The number of amides is 1. The normalized spacial score (nSPS) is 14.1. The van der Waals surface area contributed by atoms with Crippen molar-refractivity contribution in [2.75, 3.05) is 7.05 Å². The molecule has 0 fully saturated rings. The Balaban J connectivity index is 3.84. The van der Waals surface area contributed by atoms with Crippen LogP contribution in [0.25, 0.3) is 0 Å². The van der Waals surface area contributed by atoms with Crippen molar-refractivity contribution in [2.45, 2.75) is 51.6 Å². The first kappa shape index (κ1) is 13.9. The van der Waals surface area contributed by atoms with Gasteiger partial charge in [-0.1, -0.05) is 0 Å². The molecule has 2 N–H and O–H groups in total. The molecule has 0 aromatic heterocycles. The first-order chi connectivity index (χ1) is 6.99. The fraction of sp³-hybridized carbons (Fsp3) is 0.818. The van der Waals surface area contributed by atoms with E-state index in [-0.39, 0.29) is 18.0 Å². The summed E-state index contributed by atoms with van der Waals surface area (Å²) in [5.74, 6) is 0.0957. The van der Waals surface area contributed by atoms with Crippen molar-refractivity contribution in [2.24, 2.45) is 5.73 Å². The van der Waals surface area contributed by atoms with Crippen molar-refractivity contribution >= 4 is 5.91 Å². The van der Waals surface area contributed by atoms with E-state index in [1.165, 1.54) is 0 Å². The summed E-state index contributed by atoms with van der Waals surface area (Å²) in [4.78, 5) is 13.3. The van der Waals surface area contributed by atoms with E-state index in [2.05, 4.69) is 6.07 Å². The van der Waals surface area contributed by atoms with Gasteiger partial charge in [-0.05, 0) is 26.7 Å². The van der Waals surface area contributed by atoms with Crippen LogP contribution in [0.15, 0.2) is 0 Å². The van der Waals surface area contributed by atoms with Gasteiger partial charge in [0.05, 0.1) is 12.5 Å². The molecule has 0 aliphatic carbocycles. The minimum Gasteiger partial charge on any atom is -0.342 e. The molecule has 0 aliphatic heterocycles. The number of nitriles is 1. The molecule has 2 atom stereocenters. The summed E-state index contributed by atoms with van der Waals surface area (Å²) in [7, 11) is 1.75. The average Bonchev–Trinajstić information content (AvgIpc) is 2.16. The highest BCUT2D eigenvalue weighted by molar-refractivity contribution is 5.76. The lowest BCUT2D eigenvalue weighted by Crippen LogP contribution is -2.34. The van der Waals surface area contributed by atoms with Crippen molar-refractivity contribution < 1.29 is 4.79 Å². The monoisotopic (exact) mass is 211 g/mol. The van der Waals surface area contributed by atoms with E-state index in [9.17, 15) is 4.79 Å². The average molecular weight is 211 g/mol. The topological polar surface area (TPSA) is 70.1 Å². The van der Waals surface area contributed by atoms with Crippen LogP contribution in [-0.4, -0.2) is 29.9 Å². The van der Waals surface area contributed by atoms with Gasteiger partial charge < -0.3 is 10.6 Å². The molecule has 15 heavy (non-hydrogen) atoms. The second-order valence-electron chi connectivity index (χ2n) is 4.09. The molecule has 2 unspecified atom stereocenters. The Bertz CT molecular complexity index is 232. The Labute approximate surface area is 92.0 Å². The smallest absolute Gasteiger partial charge is 0.222 e. The quantitative estimate of drug-likeness (QED) is 0.719. The molecule has 86 valence electrons. The first-order valence-corrected chi connectivity index (χ1v) is 5.37. The van der Waals surface area contributed by atoms with Crippen molar-refractivity contribution in [3.05, 3.63) is 0 Å². The lowest BCUT2D eigenvalue weighted by molar-refractivity contribution is -0.131. The van der Waals surface area contributed by atoms with E-state index in [1.807, 2.05) is 13.8 Å². The highest BCUT2D eigenvalue weighted by Gasteiger charge is 2.14. The van der Waals surface area contributed by atoms with Crippen LogP contribution in [-0.2, 0) is 4.79 Å². The summed E-state index contributed by atoms with van der Waals surface area (Å²) >= 11 is 0. The highest BCUT2D eigenvalue weighted by Crippen LogP contribution is 2.06. The number of nitrogens with zero attached hydrogens (tertiary/aromatic N) is 2. The second kappa shape index (κ2) is 7.24. The minimum absolute atomic E-state index is 0.00204. The minimum atomic E-state index is -0.00204. The van der Waals surface area contributed by atoms with Gasteiger partial charge in [-0.3, -0.25) is 4.79 Å². The molecule has 0 spiro atoms. The van der Waals surface area contributed by atoms with Gasteiger partial charge in [-0.25, -0.2) is 0 Å². The maximum atomic E-state index is 11.6. The Morgan fingerprint density at radius 3 is 2.60 bits per heavy atom. The Kier molecular flexibility index (Phi) is 6.72. The van der Waals surface area contributed by atoms with Gasteiger partial charge in [-0.2, -0.15) is 5.26 Å². The van der Waals surface area contributed by atoms with Gasteiger partial charge in [0.1, 0.15) is 0 Å². The number of hydrogen-bond donors (Lipinski definition) is 1. The van der Waals surface area contributed by atoms with E-state index in [0.29, 0.717) is 12.8 Å². The van der Waals surface area contributed by atoms with Crippen LogP contribution in [0.3, 0.4) is 0 Å². The van der Waals surface area contributed by atoms with Crippen LogP contribution in [0.2, 0.25) is 0 Å². The summed E-state index contributed by atoms with van der Waals surface area (Å²) in [6, 6.07) is 2.21. The predicted molar refractivity (Wildman–Crippen MR) is 60.0 cm³/mol. The van der Waals surface area contributed by atoms with Crippen molar-refractivity contribution in [3.63, 3.8) is 0 Å². The number of carbonyl (C=O) groups is 1. The van der Waals surface area contributed by atoms with Crippen LogP contribution < -0.4 is 5.73 Å². The van der Waals surface area contributed by atoms with Gasteiger partial charge in [0, 0.05) is 25.6 Å². The number of hydrogen-bond acceptors (Lipinski definition) is 3. The molecule has 0 saturated carbocycles. The fourth-order valence-electron chi connectivity index (χ4n) is 1.27. The summed E-state index contributed by atoms with van der Waals surface area (Å²) in [5, 5.41) is 8.51. The summed E-state index contributed by atoms with van der Waals surface area (Å²) in [6.45, 7) is 3.82. The molecule has 4 nitrogen and oxygen atoms in total. The number of nitrogens with two attached hydrogens (primary N) is 1. The molecule has 1 amide bonds. The zero-order valence-corrected chi connectivity index (χ0v) is 9.86. The molecular weight excluding hydrogens is 190 g/mol. The predicted octanol–water partition coefficient (Wildman–Crippen LogP) is 1.26. The van der Waals surface area contributed by atoms with Crippen LogP contribution in [0.1, 0.15) is 39.5 Å². The standard InChI is InChI=1S/C11H21N3O/c1-9(13)5-4-6-11(15)14(3)10(2)7-8-12/h9-10H,4-7,13H2,1-3H3. The largest absolute Gasteiger partial charge is 0.342 e. The maximum Gasteiger partial charge on any atom is 0.222 e.